The van der Waals surface area contributed by atoms with Gasteiger partial charge in [-0.15, -0.1) is 0 Å². The summed E-state index contributed by atoms with van der Waals surface area (Å²) in [5.74, 6) is 1.31. The average molecular weight is 272 g/mol. The lowest BCUT2D eigenvalue weighted by Gasteiger charge is -2.25. The van der Waals surface area contributed by atoms with E-state index >= 15 is 0 Å². The number of nitrogens with one attached hydrogen (secondary N) is 2. The van der Waals surface area contributed by atoms with Crippen LogP contribution in [0.4, 0.5) is 0 Å². The standard InChI is InChI=1S/C15H20N4O/c1-11(17-13-7-9-16-10-8-13)14-18-15(20-19-14)12-5-3-2-4-6-12/h2-6,11,13,16-17H,7-10H2,1H3. The smallest absolute Gasteiger partial charge is 0.257 e. The zero-order valence-electron chi connectivity index (χ0n) is 11.7. The summed E-state index contributed by atoms with van der Waals surface area (Å²) in [6.45, 7) is 4.24. The van der Waals surface area contributed by atoms with Crippen molar-refractivity contribution in [1.29, 1.82) is 0 Å². The van der Waals surface area contributed by atoms with Gasteiger partial charge >= 0.3 is 0 Å². The second-order valence-corrected chi connectivity index (χ2v) is 5.24. The number of piperidine rings is 1. The van der Waals surface area contributed by atoms with Crippen molar-refractivity contribution in [3.8, 4) is 11.5 Å². The Morgan fingerprint density at radius 2 is 2.00 bits per heavy atom. The monoisotopic (exact) mass is 272 g/mol. The molecule has 1 aliphatic rings. The Bertz CT molecular complexity index is 534. The summed E-state index contributed by atoms with van der Waals surface area (Å²) in [5.41, 5.74) is 0.959. The van der Waals surface area contributed by atoms with Crippen molar-refractivity contribution in [3.63, 3.8) is 0 Å². The third kappa shape index (κ3) is 3.05. The summed E-state index contributed by atoms with van der Waals surface area (Å²) in [6, 6.07) is 10.5. The number of hydrogen-bond acceptors (Lipinski definition) is 5. The topological polar surface area (TPSA) is 63.0 Å². The fourth-order valence-corrected chi connectivity index (χ4v) is 2.53. The highest BCUT2D eigenvalue weighted by Crippen LogP contribution is 2.19. The molecular weight excluding hydrogens is 252 g/mol. The van der Waals surface area contributed by atoms with Crippen molar-refractivity contribution < 1.29 is 4.52 Å². The van der Waals surface area contributed by atoms with Gasteiger partial charge in [0.1, 0.15) is 0 Å². The van der Waals surface area contributed by atoms with Crippen molar-refractivity contribution in [1.82, 2.24) is 20.8 Å². The van der Waals surface area contributed by atoms with Gasteiger partial charge in [0.25, 0.3) is 5.89 Å². The molecule has 0 amide bonds. The van der Waals surface area contributed by atoms with E-state index in [1.54, 1.807) is 0 Å². The summed E-state index contributed by atoms with van der Waals surface area (Å²) >= 11 is 0. The van der Waals surface area contributed by atoms with Crippen LogP contribution >= 0.6 is 0 Å². The first-order valence-electron chi connectivity index (χ1n) is 7.19. The Morgan fingerprint density at radius 1 is 1.25 bits per heavy atom. The summed E-state index contributed by atoms with van der Waals surface area (Å²) in [5, 5.41) is 11.0. The zero-order chi connectivity index (χ0) is 13.8. The van der Waals surface area contributed by atoms with E-state index < -0.39 is 0 Å². The highest BCUT2D eigenvalue weighted by Gasteiger charge is 2.19. The predicted octanol–water partition coefficient (Wildman–Crippen LogP) is 2.14. The Hall–Kier alpha value is -1.72. The third-order valence-corrected chi connectivity index (χ3v) is 3.67. The molecule has 106 valence electrons. The molecule has 0 radical (unpaired) electrons. The van der Waals surface area contributed by atoms with Gasteiger partial charge in [-0.3, -0.25) is 0 Å². The molecule has 1 aromatic heterocycles. The molecule has 1 saturated heterocycles. The summed E-state index contributed by atoms with van der Waals surface area (Å²) in [7, 11) is 0. The summed E-state index contributed by atoms with van der Waals surface area (Å²) in [4.78, 5) is 4.49. The molecule has 5 nitrogen and oxygen atoms in total. The number of rotatable bonds is 4. The van der Waals surface area contributed by atoms with Gasteiger partial charge in [0.2, 0.25) is 0 Å². The highest BCUT2D eigenvalue weighted by atomic mass is 16.5. The molecule has 0 saturated carbocycles. The van der Waals surface area contributed by atoms with E-state index in [9.17, 15) is 0 Å². The second-order valence-electron chi connectivity index (χ2n) is 5.24. The van der Waals surface area contributed by atoms with Crippen molar-refractivity contribution in [2.24, 2.45) is 0 Å². The maximum absolute atomic E-state index is 5.35. The van der Waals surface area contributed by atoms with Gasteiger partial charge in [-0.2, -0.15) is 4.98 Å². The first-order valence-corrected chi connectivity index (χ1v) is 7.19. The average Bonchev–Trinajstić information content (AvgIpc) is 2.99. The lowest BCUT2D eigenvalue weighted by molar-refractivity contribution is 0.344. The quantitative estimate of drug-likeness (QED) is 0.893. The molecule has 2 N–H and O–H groups in total. The molecule has 1 unspecified atom stereocenters. The van der Waals surface area contributed by atoms with Crippen LogP contribution in [-0.4, -0.2) is 29.3 Å². The van der Waals surface area contributed by atoms with Gasteiger partial charge in [0.15, 0.2) is 5.82 Å². The fourth-order valence-electron chi connectivity index (χ4n) is 2.53. The van der Waals surface area contributed by atoms with Gasteiger partial charge in [-0.25, -0.2) is 0 Å². The summed E-state index contributed by atoms with van der Waals surface area (Å²) in [6.07, 6.45) is 2.29. The minimum Gasteiger partial charge on any atom is -0.334 e. The van der Waals surface area contributed by atoms with E-state index in [-0.39, 0.29) is 6.04 Å². The van der Waals surface area contributed by atoms with Crippen molar-refractivity contribution in [2.45, 2.75) is 31.8 Å². The van der Waals surface area contributed by atoms with Crippen LogP contribution < -0.4 is 10.6 Å². The van der Waals surface area contributed by atoms with Gasteiger partial charge in [-0.1, -0.05) is 23.4 Å². The number of nitrogens with zero attached hydrogens (tertiary/aromatic N) is 2. The van der Waals surface area contributed by atoms with E-state index in [0.717, 1.165) is 37.3 Å². The van der Waals surface area contributed by atoms with Crippen LogP contribution in [0.1, 0.15) is 31.6 Å². The predicted molar refractivity (Wildman–Crippen MR) is 77.2 cm³/mol. The van der Waals surface area contributed by atoms with E-state index in [4.69, 9.17) is 4.52 Å². The summed E-state index contributed by atoms with van der Waals surface area (Å²) < 4.78 is 5.35. The number of aromatic nitrogens is 2. The first kappa shape index (κ1) is 13.3. The zero-order valence-corrected chi connectivity index (χ0v) is 11.7. The third-order valence-electron chi connectivity index (χ3n) is 3.67. The number of hydrogen-bond donors (Lipinski definition) is 2. The van der Waals surface area contributed by atoms with Crippen LogP contribution in [0.25, 0.3) is 11.5 Å². The molecule has 0 bridgehead atoms. The van der Waals surface area contributed by atoms with Crippen molar-refractivity contribution >= 4 is 0 Å². The van der Waals surface area contributed by atoms with Crippen molar-refractivity contribution in [2.75, 3.05) is 13.1 Å². The Labute approximate surface area is 118 Å². The Balaban J connectivity index is 1.66. The van der Waals surface area contributed by atoms with Gasteiger partial charge in [0.05, 0.1) is 6.04 Å². The van der Waals surface area contributed by atoms with Crippen LogP contribution in [0.3, 0.4) is 0 Å². The minimum absolute atomic E-state index is 0.110. The van der Waals surface area contributed by atoms with E-state index in [2.05, 4.69) is 27.7 Å². The molecular formula is C15H20N4O. The molecule has 1 atom stereocenters. The van der Waals surface area contributed by atoms with Crippen LogP contribution in [0.15, 0.2) is 34.9 Å². The maximum atomic E-state index is 5.35. The highest BCUT2D eigenvalue weighted by molar-refractivity contribution is 5.52. The normalized spacial score (nSPS) is 18.1. The molecule has 3 rings (SSSR count). The fraction of sp³-hybridized carbons (Fsp3) is 0.467. The molecule has 1 aliphatic heterocycles. The van der Waals surface area contributed by atoms with Gasteiger partial charge in [-0.05, 0) is 45.0 Å². The Morgan fingerprint density at radius 3 is 2.75 bits per heavy atom. The first-order chi connectivity index (χ1) is 9.83. The van der Waals surface area contributed by atoms with E-state index in [0.29, 0.717) is 11.9 Å². The molecule has 5 heteroatoms. The molecule has 0 spiro atoms. The van der Waals surface area contributed by atoms with Crippen molar-refractivity contribution in [3.05, 3.63) is 36.2 Å². The van der Waals surface area contributed by atoms with Gasteiger partial charge in [0, 0.05) is 11.6 Å². The second kappa shape index (κ2) is 6.15. The van der Waals surface area contributed by atoms with Crippen LogP contribution in [0.5, 0.6) is 0 Å². The van der Waals surface area contributed by atoms with Crippen LogP contribution in [0, 0.1) is 0 Å². The van der Waals surface area contributed by atoms with Crippen LogP contribution in [-0.2, 0) is 0 Å². The molecule has 0 aliphatic carbocycles. The molecule has 2 aromatic rings. The molecule has 1 aromatic carbocycles. The lowest BCUT2D eigenvalue weighted by Crippen LogP contribution is -2.41. The minimum atomic E-state index is 0.110. The van der Waals surface area contributed by atoms with E-state index in [1.165, 1.54) is 0 Å². The molecule has 20 heavy (non-hydrogen) atoms. The maximum Gasteiger partial charge on any atom is 0.257 e. The molecule has 2 heterocycles. The number of benzene rings is 1. The van der Waals surface area contributed by atoms with E-state index in [1.807, 2.05) is 30.3 Å². The lowest BCUT2D eigenvalue weighted by atomic mass is 10.1. The van der Waals surface area contributed by atoms with Gasteiger partial charge < -0.3 is 15.2 Å². The Kier molecular flexibility index (Phi) is 4.08. The SMILES string of the molecule is CC(NC1CCNCC1)c1noc(-c2ccccc2)n1. The van der Waals surface area contributed by atoms with Crippen LogP contribution in [0.2, 0.25) is 0 Å². The largest absolute Gasteiger partial charge is 0.334 e. The molecule has 1 fully saturated rings.